The fourth-order valence-corrected chi connectivity index (χ4v) is 3.16. The highest BCUT2D eigenvalue weighted by Gasteiger charge is 2.13. The molecule has 6 nitrogen and oxygen atoms in total. The first kappa shape index (κ1) is 19.5. The second kappa shape index (κ2) is 9.58. The van der Waals surface area contributed by atoms with E-state index in [1.54, 1.807) is 12.1 Å². The number of furan rings is 1. The van der Waals surface area contributed by atoms with Crippen LogP contribution in [0.5, 0.6) is 5.75 Å². The van der Waals surface area contributed by atoms with Crippen molar-refractivity contribution in [3.05, 3.63) is 53.0 Å². The van der Waals surface area contributed by atoms with Gasteiger partial charge in [0.2, 0.25) is 0 Å². The number of aryl methyl sites for hydroxylation is 2. The molecule has 6 heteroatoms. The zero-order valence-corrected chi connectivity index (χ0v) is 16.1. The summed E-state index contributed by atoms with van der Waals surface area (Å²) in [6.45, 7) is 9.46. The van der Waals surface area contributed by atoms with Crippen LogP contribution in [0.4, 0.5) is 0 Å². The lowest BCUT2D eigenvalue weighted by Gasteiger charge is -2.26. The van der Waals surface area contributed by atoms with Crippen molar-refractivity contribution in [2.75, 3.05) is 39.4 Å². The van der Waals surface area contributed by atoms with Crippen LogP contribution in [-0.2, 0) is 11.3 Å². The third-order valence-corrected chi connectivity index (χ3v) is 4.69. The molecular formula is C21H28N2O4. The van der Waals surface area contributed by atoms with Gasteiger partial charge < -0.3 is 19.2 Å². The molecule has 1 aliphatic rings. The summed E-state index contributed by atoms with van der Waals surface area (Å²) in [4.78, 5) is 14.6. The average Bonchev–Trinajstić information content (AvgIpc) is 3.15. The molecule has 1 aliphatic heterocycles. The molecule has 3 rings (SSSR count). The molecule has 1 aromatic carbocycles. The maximum atomic E-state index is 12.2. The number of nitrogens with zero attached hydrogens (tertiary/aromatic N) is 1. The summed E-state index contributed by atoms with van der Waals surface area (Å²) in [6, 6.07) is 9.52. The lowest BCUT2D eigenvalue weighted by atomic mass is 10.1. The van der Waals surface area contributed by atoms with Crippen LogP contribution < -0.4 is 10.1 Å². The van der Waals surface area contributed by atoms with Gasteiger partial charge >= 0.3 is 0 Å². The number of hydrogen-bond acceptors (Lipinski definition) is 5. The highest BCUT2D eigenvalue weighted by Crippen LogP contribution is 2.23. The van der Waals surface area contributed by atoms with Crippen LogP contribution in [0.3, 0.4) is 0 Å². The minimum Gasteiger partial charge on any atom is -0.485 e. The molecular weight excluding hydrogens is 344 g/mol. The normalized spacial score (nSPS) is 14.9. The molecule has 0 atom stereocenters. The summed E-state index contributed by atoms with van der Waals surface area (Å²) in [7, 11) is 0. The van der Waals surface area contributed by atoms with Gasteiger partial charge in [0, 0.05) is 19.6 Å². The first-order valence-electron chi connectivity index (χ1n) is 9.49. The van der Waals surface area contributed by atoms with Crippen molar-refractivity contribution < 1.29 is 18.7 Å². The number of carbonyl (C=O) groups is 1. The van der Waals surface area contributed by atoms with Gasteiger partial charge in [0.05, 0.1) is 13.2 Å². The van der Waals surface area contributed by atoms with Crippen molar-refractivity contribution in [3.63, 3.8) is 0 Å². The van der Waals surface area contributed by atoms with Crippen molar-refractivity contribution in [1.29, 1.82) is 0 Å². The van der Waals surface area contributed by atoms with Crippen LogP contribution in [0.1, 0.15) is 33.9 Å². The van der Waals surface area contributed by atoms with Crippen molar-refractivity contribution in [1.82, 2.24) is 10.2 Å². The Morgan fingerprint density at radius 1 is 1.15 bits per heavy atom. The maximum Gasteiger partial charge on any atom is 0.286 e. The van der Waals surface area contributed by atoms with Crippen LogP contribution in [0.25, 0.3) is 0 Å². The van der Waals surface area contributed by atoms with E-state index < -0.39 is 0 Å². The lowest BCUT2D eigenvalue weighted by Crippen LogP contribution is -2.38. The summed E-state index contributed by atoms with van der Waals surface area (Å²) in [5.74, 6) is 1.64. The van der Waals surface area contributed by atoms with Gasteiger partial charge in [-0.15, -0.1) is 0 Å². The van der Waals surface area contributed by atoms with E-state index in [-0.39, 0.29) is 5.91 Å². The Balaban J connectivity index is 1.42. The van der Waals surface area contributed by atoms with Crippen molar-refractivity contribution in [2.45, 2.75) is 26.9 Å². The topological polar surface area (TPSA) is 63.9 Å². The first-order valence-corrected chi connectivity index (χ1v) is 9.49. The Morgan fingerprint density at radius 3 is 2.63 bits per heavy atom. The number of amides is 1. The SMILES string of the molecule is Cc1cccc(C)c1OCc1ccc(C(=O)NCCCN2CCOCC2)o1. The van der Waals surface area contributed by atoms with Gasteiger partial charge in [0.1, 0.15) is 18.1 Å². The van der Waals surface area contributed by atoms with Gasteiger partial charge in [0.25, 0.3) is 5.91 Å². The summed E-state index contributed by atoms with van der Waals surface area (Å²) < 4.78 is 16.8. The number of carbonyl (C=O) groups excluding carboxylic acids is 1. The van der Waals surface area contributed by atoms with Crippen molar-refractivity contribution >= 4 is 5.91 Å². The molecule has 2 heterocycles. The van der Waals surface area contributed by atoms with E-state index in [0.717, 1.165) is 56.1 Å². The van der Waals surface area contributed by atoms with E-state index in [1.165, 1.54) is 0 Å². The standard InChI is InChI=1S/C21H28N2O4/c1-16-5-3-6-17(2)20(16)26-15-18-7-8-19(27-18)21(24)22-9-4-10-23-11-13-25-14-12-23/h3,5-8H,4,9-15H2,1-2H3,(H,22,24). The summed E-state index contributed by atoms with van der Waals surface area (Å²) in [5.41, 5.74) is 2.17. The Hall–Kier alpha value is -2.31. The number of rotatable bonds is 8. The highest BCUT2D eigenvalue weighted by molar-refractivity contribution is 5.91. The maximum absolute atomic E-state index is 12.2. The molecule has 1 amide bonds. The van der Waals surface area contributed by atoms with E-state index >= 15 is 0 Å². The van der Waals surface area contributed by atoms with Crippen LogP contribution in [0, 0.1) is 13.8 Å². The summed E-state index contributed by atoms with van der Waals surface area (Å²) in [6.07, 6.45) is 0.912. The van der Waals surface area contributed by atoms with E-state index in [2.05, 4.69) is 10.2 Å². The average molecular weight is 372 g/mol. The van der Waals surface area contributed by atoms with Crippen LogP contribution in [0.15, 0.2) is 34.7 Å². The zero-order valence-electron chi connectivity index (χ0n) is 16.1. The van der Waals surface area contributed by atoms with Crippen LogP contribution in [-0.4, -0.2) is 50.2 Å². The minimum atomic E-state index is -0.185. The Bertz CT molecular complexity index is 730. The first-order chi connectivity index (χ1) is 13.1. The molecule has 1 saturated heterocycles. The number of ether oxygens (including phenoxy) is 2. The third kappa shape index (κ3) is 5.58. The van der Waals surface area contributed by atoms with E-state index in [1.807, 2.05) is 32.0 Å². The van der Waals surface area contributed by atoms with Gasteiger partial charge in [-0.25, -0.2) is 0 Å². The van der Waals surface area contributed by atoms with Gasteiger partial charge in [-0.3, -0.25) is 9.69 Å². The molecule has 146 valence electrons. The zero-order chi connectivity index (χ0) is 19.1. The predicted molar refractivity (Wildman–Crippen MR) is 103 cm³/mol. The van der Waals surface area contributed by atoms with Gasteiger partial charge in [-0.05, 0) is 50.1 Å². The summed E-state index contributed by atoms with van der Waals surface area (Å²) in [5, 5.41) is 2.91. The molecule has 1 fully saturated rings. The molecule has 0 saturated carbocycles. The molecule has 0 unspecified atom stereocenters. The Kier molecular flexibility index (Phi) is 6.90. The molecule has 1 aromatic heterocycles. The molecule has 0 radical (unpaired) electrons. The largest absolute Gasteiger partial charge is 0.485 e. The van der Waals surface area contributed by atoms with E-state index in [9.17, 15) is 4.79 Å². The monoisotopic (exact) mass is 372 g/mol. The molecule has 0 bridgehead atoms. The lowest BCUT2D eigenvalue weighted by molar-refractivity contribution is 0.0374. The fraction of sp³-hybridized carbons (Fsp3) is 0.476. The number of benzene rings is 1. The third-order valence-electron chi connectivity index (χ3n) is 4.69. The number of morpholine rings is 1. The fourth-order valence-electron chi connectivity index (χ4n) is 3.16. The molecule has 27 heavy (non-hydrogen) atoms. The second-order valence-corrected chi connectivity index (χ2v) is 6.84. The number of hydrogen-bond donors (Lipinski definition) is 1. The highest BCUT2D eigenvalue weighted by atomic mass is 16.5. The van der Waals surface area contributed by atoms with E-state index in [4.69, 9.17) is 13.9 Å². The van der Waals surface area contributed by atoms with Crippen LogP contribution >= 0.6 is 0 Å². The Morgan fingerprint density at radius 2 is 1.89 bits per heavy atom. The van der Waals surface area contributed by atoms with Gasteiger partial charge in [0.15, 0.2) is 5.76 Å². The molecule has 0 spiro atoms. The quantitative estimate of drug-likeness (QED) is 0.722. The Labute approximate surface area is 160 Å². The van der Waals surface area contributed by atoms with Crippen molar-refractivity contribution in [2.24, 2.45) is 0 Å². The summed E-state index contributed by atoms with van der Waals surface area (Å²) >= 11 is 0. The predicted octanol–water partition coefficient (Wildman–Crippen LogP) is 2.93. The smallest absolute Gasteiger partial charge is 0.286 e. The molecule has 0 aliphatic carbocycles. The minimum absolute atomic E-state index is 0.185. The van der Waals surface area contributed by atoms with Crippen molar-refractivity contribution in [3.8, 4) is 5.75 Å². The van der Waals surface area contributed by atoms with Gasteiger partial charge in [-0.1, -0.05) is 18.2 Å². The van der Waals surface area contributed by atoms with E-state index in [0.29, 0.717) is 24.7 Å². The van der Waals surface area contributed by atoms with Gasteiger partial charge in [-0.2, -0.15) is 0 Å². The number of nitrogens with one attached hydrogen (secondary N) is 1. The van der Waals surface area contributed by atoms with Crippen LogP contribution in [0.2, 0.25) is 0 Å². The second-order valence-electron chi connectivity index (χ2n) is 6.84. The molecule has 1 N–H and O–H groups in total. The molecule has 2 aromatic rings. The number of para-hydroxylation sites is 1.